The summed E-state index contributed by atoms with van der Waals surface area (Å²) in [6.07, 6.45) is 7.72. The molecule has 0 aliphatic carbocycles. The van der Waals surface area contributed by atoms with Crippen molar-refractivity contribution < 1.29 is 4.74 Å². The van der Waals surface area contributed by atoms with Crippen molar-refractivity contribution in [2.24, 2.45) is 7.05 Å². The molecule has 0 radical (unpaired) electrons. The third kappa shape index (κ3) is 3.15. The van der Waals surface area contributed by atoms with Crippen molar-refractivity contribution in [2.75, 3.05) is 26.2 Å². The van der Waals surface area contributed by atoms with Gasteiger partial charge < -0.3 is 9.30 Å². The summed E-state index contributed by atoms with van der Waals surface area (Å²) in [4.78, 5) is 6.79. The Kier molecular flexibility index (Phi) is 4.84. The lowest BCUT2D eigenvalue weighted by Gasteiger charge is -2.26. The lowest BCUT2D eigenvalue weighted by molar-refractivity contribution is 0.183. The van der Waals surface area contributed by atoms with Crippen molar-refractivity contribution in [2.45, 2.75) is 26.2 Å². The SMILES string of the molecule is Cc1c2ccncc2cc2c3c(Cl)c(OCCN4CCCCC4)ccc3n(C)c12. The van der Waals surface area contributed by atoms with Crippen molar-refractivity contribution in [3.05, 3.63) is 47.2 Å². The summed E-state index contributed by atoms with van der Waals surface area (Å²) >= 11 is 6.89. The number of likely N-dealkylation sites (tertiary alicyclic amines) is 1. The molecule has 5 rings (SSSR count). The van der Waals surface area contributed by atoms with Crippen molar-refractivity contribution >= 4 is 44.2 Å². The zero-order valence-electron chi connectivity index (χ0n) is 17.0. The molecule has 1 aliphatic heterocycles. The molecule has 29 heavy (non-hydrogen) atoms. The van der Waals surface area contributed by atoms with Gasteiger partial charge in [0.25, 0.3) is 0 Å². The third-order valence-corrected chi connectivity index (χ3v) is 6.71. The van der Waals surface area contributed by atoms with E-state index in [9.17, 15) is 0 Å². The molecule has 3 heterocycles. The molecule has 0 atom stereocenters. The molecular formula is C24H26ClN3O. The van der Waals surface area contributed by atoms with Gasteiger partial charge in [-0.15, -0.1) is 0 Å². The topological polar surface area (TPSA) is 30.3 Å². The van der Waals surface area contributed by atoms with Gasteiger partial charge in [-0.05, 0) is 68.1 Å². The fourth-order valence-corrected chi connectivity index (χ4v) is 5.14. The number of rotatable bonds is 4. The van der Waals surface area contributed by atoms with Gasteiger partial charge in [0.05, 0.1) is 16.1 Å². The first-order valence-electron chi connectivity index (χ1n) is 10.4. The predicted octanol–water partition coefficient (Wildman–Crippen LogP) is 5.71. The van der Waals surface area contributed by atoms with Crippen LogP contribution < -0.4 is 4.74 Å². The number of halogens is 1. The Bertz CT molecular complexity index is 1210. The summed E-state index contributed by atoms with van der Waals surface area (Å²) in [5, 5.41) is 5.29. The molecular weight excluding hydrogens is 382 g/mol. The van der Waals surface area contributed by atoms with E-state index in [1.54, 1.807) is 0 Å². The maximum absolute atomic E-state index is 6.89. The number of hydrogen-bond donors (Lipinski definition) is 0. The van der Waals surface area contributed by atoms with Crippen LogP contribution in [0.25, 0.3) is 32.6 Å². The maximum Gasteiger partial charge on any atom is 0.138 e. The average Bonchev–Trinajstić information content (AvgIpc) is 3.03. The first-order valence-corrected chi connectivity index (χ1v) is 10.8. The van der Waals surface area contributed by atoms with Crippen molar-refractivity contribution in [1.29, 1.82) is 0 Å². The van der Waals surface area contributed by atoms with E-state index in [-0.39, 0.29) is 0 Å². The smallest absolute Gasteiger partial charge is 0.138 e. The fraction of sp³-hybridized carbons (Fsp3) is 0.375. The van der Waals surface area contributed by atoms with Crippen molar-refractivity contribution in [3.63, 3.8) is 0 Å². The van der Waals surface area contributed by atoms with Crippen LogP contribution in [0.1, 0.15) is 24.8 Å². The lowest BCUT2D eigenvalue weighted by atomic mass is 10.0. The number of aromatic nitrogens is 2. The molecule has 0 bridgehead atoms. The van der Waals surface area contributed by atoms with E-state index in [4.69, 9.17) is 16.3 Å². The van der Waals surface area contributed by atoms with E-state index in [1.165, 1.54) is 48.8 Å². The Morgan fingerprint density at radius 2 is 1.93 bits per heavy atom. The van der Waals surface area contributed by atoms with Gasteiger partial charge in [0.15, 0.2) is 0 Å². The molecule has 2 aromatic heterocycles. The van der Waals surface area contributed by atoms with Gasteiger partial charge in [0.2, 0.25) is 0 Å². The second-order valence-electron chi connectivity index (χ2n) is 8.08. The second kappa shape index (κ2) is 7.51. The van der Waals surface area contributed by atoms with Crippen LogP contribution in [0.15, 0.2) is 36.7 Å². The van der Waals surface area contributed by atoms with Gasteiger partial charge in [0, 0.05) is 42.1 Å². The predicted molar refractivity (Wildman–Crippen MR) is 121 cm³/mol. The van der Waals surface area contributed by atoms with E-state index in [1.807, 2.05) is 18.5 Å². The van der Waals surface area contributed by atoms with Crippen LogP contribution in [0.4, 0.5) is 0 Å². The Balaban J connectivity index is 1.56. The van der Waals surface area contributed by atoms with Gasteiger partial charge in [-0.1, -0.05) is 18.0 Å². The molecule has 4 nitrogen and oxygen atoms in total. The summed E-state index contributed by atoms with van der Waals surface area (Å²) in [5.74, 6) is 0.771. The number of ether oxygens (including phenoxy) is 1. The summed E-state index contributed by atoms with van der Waals surface area (Å²) in [5.41, 5.74) is 3.59. The van der Waals surface area contributed by atoms with Gasteiger partial charge >= 0.3 is 0 Å². The number of aryl methyl sites for hydroxylation is 2. The molecule has 5 heteroatoms. The third-order valence-electron chi connectivity index (χ3n) is 6.33. The van der Waals surface area contributed by atoms with Crippen LogP contribution >= 0.6 is 11.6 Å². The van der Waals surface area contributed by atoms with E-state index in [0.717, 1.165) is 34.0 Å². The largest absolute Gasteiger partial charge is 0.491 e. The van der Waals surface area contributed by atoms with E-state index < -0.39 is 0 Å². The molecule has 4 aromatic rings. The first kappa shape index (κ1) is 18.7. The summed E-state index contributed by atoms with van der Waals surface area (Å²) in [6.45, 7) is 6.16. The molecule has 2 aromatic carbocycles. The van der Waals surface area contributed by atoms with Crippen LogP contribution in [-0.4, -0.2) is 40.7 Å². The standard InChI is InChI=1S/C24H26ClN3O/c1-16-18-8-9-26-15-17(18)14-19-22-20(27(2)24(16)19)6-7-21(23(22)25)29-13-12-28-10-4-3-5-11-28/h6-9,14-15H,3-5,10-13H2,1-2H3. The van der Waals surface area contributed by atoms with E-state index in [2.05, 4.69) is 46.6 Å². The van der Waals surface area contributed by atoms with Gasteiger partial charge in [0.1, 0.15) is 12.4 Å². The van der Waals surface area contributed by atoms with E-state index in [0.29, 0.717) is 11.6 Å². The Morgan fingerprint density at radius 1 is 1.10 bits per heavy atom. The lowest BCUT2D eigenvalue weighted by Crippen LogP contribution is -2.33. The molecule has 1 fully saturated rings. The van der Waals surface area contributed by atoms with Gasteiger partial charge in [-0.25, -0.2) is 0 Å². The van der Waals surface area contributed by atoms with Crippen LogP contribution in [0.3, 0.4) is 0 Å². The minimum Gasteiger partial charge on any atom is -0.491 e. The zero-order valence-corrected chi connectivity index (χ0v) is 17.8. The van der Waals surface area contributed by atoms with Crippen molar-refractivity contribution in [3.8, 4) is 5.75 Å². The highest BCUT2D eigenvalue weighted by Crippen LogP contribution is 2.41. The highest BCUT2D eigenvalue weighted by atomic mass is 35.5. The Morgan fingerprint density at radius 3 is 2.76 bits per heavy atom. The van der Waals surface area contributed by atoms with Crippen LogP contribution in [-0.2, 0) is 7.05 Å². The Hall–Kier alpha value is -2.30. The average molecular weight is 408 g/mol. The second-order valence-corrected chi connectivity index (χ2v) is 8.45. The molecule has 0 spiro atoms. The minimum absolute atomic E-state index is 0.669. The monoisotopic (exact) mass is 407 g/mol. The Labute approximate surface area is 176 Å². The summed E-state index contributed by atoms with van der Waals surface area (Å²) < 4.78 is 8.37. The highest BCUT2D eigenvalue weighted by molar-refractivity contribution is 6.39. The van der Waals surface area contributed by atoms with Gasteiger partial charge in [-0.3, -0.25) is 9.88 Å². The molecule has 0 N–H and O–H groups in total. The maximum atomic E-state index is 6.89. The summed E-state index contributed by atoms with van der Waals surface area (Å²) in [6, 6.07) is 8.42. The molecule has 1 aliphatic rings. The van der Waals surface area contributed by atoms with Crippen LogP contribution in [0.2, 0.25) is 5.02 Å². The first-order chi connectivity index (χ1) is 14.1. The molecule has 150 valence electrons. The normalized spacial score (nSPS) is 15.6. The quantitative estimate of drug-likeness (QED) is 0.434. The molecule has 0 amide bonds. The number of hydrogen-bond acceptors (Lipinski definition) is 3. The molecule has 0 unspecified atom stereocenters. The number of fused-ring (bicyclic) bond motifs is 4. The number of nitrogens with zero attached hydrogens (tertiary/aromatic N) is 3. The minimum atomic E-state index is 0.669. The molecule has 1 saturated heterocycles. The summed E-state index contributed by atoms with van der Waals surface area (Å²) in [7, 11) is 2.11. The number of pyridine rings is 1. The number of piperidine rings is 1. The molecule has 0 saturated carbocycles. The highest BCUT2D eigenvalue weighted by Gasteiger charge is 2.18. The fourth-order valence-electron chi connectivity index (χ4n) is 4.82. The van der Waals surface area contributed by atoms with Crippen molar-refractivity contribution in [1.82, 2.24) is 14.5 Å². The zero-order chi connectivity index (χ0) is 20.0. The van der Waals surface area contributed by atoms with Crippen LogP contribution in [0, 0.1) is 6.92 Å². The van der Waals surface area contributed by atoms with Gasteiger partial charge in [-0.2, -0.15) is 0 Å². The number of benzene rings is 2. The van der Waals surface area contributed by atoms with E-state index >= 15 is 0 Å². The van der Waals surface area contributed by atoms with Crippen LogP contribution in [0.5, 0.6) is 5.75 Å².